The number of nitrogens with zero attached hydrogens (tertiary/aromatic N) is 1. The molecule has 6 aromatic carbocycles. The molecule has 6 aromatic rings. The average Bonchev–Trinajstić information content (AvgIpc) is 3.10. The molecule has 0 bridgehead atoms. The molecule has 0 N–H and O–H groups in total. The van der Waals surface area contributed by atoms with Crippen LogP contribution in [0.25, 0.3) is 17.2 Å². The standard InChI is InChI=1S/C42H32ClN/c43-42-31-39(30-29-37(42)25-16-28-40(33-17-6-1-7-18-33)34-19-8-2-9-20-34)44(38-26-14-5-15-27-38)32-41(35-21-10-3-11-22-35)36-23-12-4-13-24-36/h1-32H/b25-16+. The zero-order valence-electron chi connectivity index (χ0n) is 24.3. The Labute approximate surface area is 265 Å². The van der Waals surface area contributed by atoms with Crippen molar-refractivity contribution in [1.29, 1.82) is 0 Å². The molecular formula is C42H32ClN. The SMILES string of the molecule is Clc1cc(N(C=C(c2ccccc2)c2ccccc2)c2ccccc2)ccc1/C=C/C=C(c1ccccc1)c1ccccc1. The van der Waals surface area contributed by atoms with Crippen LogP contribution in [-0.4, -0.2) is 0 Å². The van der Waals surface area contributed by atoms with E-state index in [9.17, 15) is 0 Å². The van der Waals surface area contributed by atoms with Gasteiger partial charge in [-0.25, -0.2) is 0 Å². The van der Waals surface area contributed by atoms with Crippen LogP contribution in [0.15, 0.2) is 188 Å². The molecule has 0 saturated heterocycles. The lowest BCUT2D eigenvalue weighted by Crippen LogP contribution is -2.10. The number of hydrogen-bond donors (Lipinski definition) is 0. The van der Waals surface area contributed by atoms with Crippen LogP contribution in [0.2, 0.25) is 5.02 Å². The van der Waals surface area contributed by atoms with Gasteiger partial charge in [-0.2, -0.15) is 0 Å². The minimum absolute atomic E-state index is 0.684. The van der Waals surface area contributed by atoms with Gasteiger partial charge in [-0.1, -0.05) is 175 Å². The van der Waals surface area contributed by atoms with E-state index in [4.69, 9.17) is 11.6 Å². The summed E-state index contributed by atoms with van der Waals surface area (Å²) in [4.78, 5) is 2.21. The fourth-order valence-electron chi connectivity index (χ4n) is 5.21. The quantitative estimate of drug-likeness (QED) is 0.152. The van der Waals surface area contributed by atoms with Crippen molar-refractivity contribution in [1.82, 2.24) is 0 Å². The number of anilines is 2. The molecule has 0 fully saturated rings. The fraction of sp³-hybridized carbons (Fsp3) is 0. The Bertz CT molecular complexity index is 1790. The molecule has 0 aliphatic rings. The molecule has 0 radical (unpaired) electrons. The first-order valence-electron chi connectivity index (χ1n) is 14.7. The van der Waals surface area contributed by atoms with E-state index >= 15 is 0 Å². The molecule has 0 spiro atoms. The van der Waals surface area contributed by atoms with Crippen LogP contribution in [0.4, 0.5) is 11.4 Å². The molecular weight excluding hydrogens is 554 g/mol. The van der Waals surface area contributed by atoms with Crippen LogP contribution in [0.1, 0.15) is 27.8 Å². The first-order chi connectivity index (χ1) is 21.8. The summed E-state index contributed by atoms with van der Waals surface area (Å²) in [6.45, 7) is 0. The third-order valence-electron chi connectivity index (χ3n) is 7.43. The molecule has 0 atom stereocenters. The van der Waals surface area contributed by atoms with E-state index in [2.05, 4.69) is 163 Å². The number of halogens is 1. The van der Waals surface area contributed by atoms with Crippen LogP contribution >= 0.6 is 11.6 Å². The molecule has 1 nitrogen and oxygen atoms in total. The van der Waals surface area contributed by atoms with Crippen molar-refractivity contribution < 1.29 is 0 Å². The minimum atomic E-state index is 0.684. The highest BCUT2D eigenvalue weighted by Gasteiger charge is 2.13. The Morgan fingerprint density at radius 1 is 0.455 bits per heavy atom. The molecule has 0 aliphatic heterocycles. The molecule has 0 aromatic heterocycles. The van der Waals surface area contributed by atoms with E-state index in [0.29, 0.717) is 5.02 Å². The van der Waals surface area contributed by atoms with Gasteiger partial charge < -0.3 is 4.90 Å². The van der Waals surface area contributed by atoms with E-state index in [1.165, 1.54) is 11.1 Å². The van der Waals surface area contributed by atoms with E-state index < -0.39 is 0 Å². The largest absolute Gasteiger partial charge is 0.316 e. The second-order valence-corrected chi connectivity index (χ2v) is 10.8. The smallest absolute Gasteiger partial charge is 0.0499 e. The number of allylic oxidation sites excluding steroid dienone is 2. The van der Waals surface area contributed by atoms with Crippen LogP contribution in [-0.2, 0) is 0 Å². The second-order valence-electron chi connectivity index (χ2n) is 10.4. The normalized spacial score (nSPS) is 10.8. The number of para-hydroxylation sites is 1. The molecule has 6 rings (SSSR count). The Kier molecular flexibility index (Phi) is 9.27. The van der Waals surface area contributed by atoms with Crippen molar-refractivity contribution in [3.8, 4) is 0 Å². The molecule has 0 heterocycles. The molecule has 0 amide bonds. The van der Waals surface area contributed by atoms with Gasteiger partial charge in [0.15, 0.2) is 0 Å². The van der Waals surface area contributed by atoms with E-state index in [1.807, 2.05) is 36.4 Å². The third-order valence-corrected chi connectivity index (χ3v) is 7.76. The van der Waals surface area contributed by atoms with Crippen molar-refractivity contribution >= 4 is 40.2 Å². The molecule has 0 aliphatic carbocycles. The Morgan fingerprint density at radius 2 is 0.886 bits per heavy atom. The van der Waals surface area contributed by atoms with E-state index in [0.717, 1.165) is 39.2 Å². The number of rotatable bonds is 9. The molecule has 0 unspecified atom stereocenters. The summed E-state index contributed by atoms with van der Waals surface area (Å²) in [6.07, 6.45) is 8.50. The topological polar surface area (TPSA) is 3.24 Å². The summed E-state index contributed by atoms with van der Waals surface area (Å²) < 4.78 is 0. The van der Waals surface area contributed by atoms with Crippen LogP contribution in [0, 0.1) is 0 Å². The highest BCUT2D eigenvalue weighted by atomic mass is 35.5. The third kappa shape index (κ3) is 6.98. The van der Waals surface area contributed by atoms with Crippen molar-refractivity contribution in [2.75, 3.05) is 4.90 Å². The summed E-state index contributed by atoms with van der Waals surface area (Å²) >= 11 is 6.96. The maximum atomic E-state index is 6.96. The second kappa shape index (κ2) is 14.2. The summed E-state index contributed by atoms with van der Waals surface area (Å²) in [6, 6.07) is 58.5. The average molecular weight is 586 g/mol. The van der Waals surface area contributed by atoms with Gasteiger partial charge >= 0.3 is 0 Å². The summed E-state index contributed by atoms with van der Waals surface area (Å²) in [5.41, 5.74) is 9.89. The van der Waals surface area contributed by atoms with Crippen molar-refractivity contribution in [3.63, 3.8) is 0 Å². The fourth-order valence-corrected chi connectivity index (χ4v) is 5.45. The number of benzene rings is 6. The number of hydrogen-bond acceptors (Lipinski definition) is 1. The van der Waals surface area contributed by atoms with Gasteiger partial charge in [-0.15, -0.1) is 0 Å². The van der Waals surface area contributed by atoms with Gasteiger partial charge in [-0.05, 0) is 57.7 Å². The zero-order valence-corrected chi connectivity index (χ0v) is 25.1. The van der Waals surface area contributed by atoms with Gasteiger partial charge in [0.2, 0.25) is 0 Å². The van der Waals surface area contributed by atoms with Gasteiger partial charge in [0, 0.05) is 28.2 Å². The first kappa shape index (κ1) is 28.7. The van der Waals surface area contributed by atoms with Crippen LogP contribution in [0.3, 0.4) is 0 Å². The highest BCUT2D eigenvalue weighted by molar-refractivity contribution is 6.32. The summed E-state index contributed by atoms with van der Waals surface area (Å²) in [7, 11) is 0. The summed E-state index contributed by atoms with van der Waals surface area (Å²) in [5.74, 6) is 0. The lowest BCUT2D eigenvalue weighted by molar-refractivity contribution is 1.28. The van der Waals surface area contributed by atoms with Gasteiger partial charge in [0.25, 0.3) is 0 Å². The lowest BCUT2D eigenvalue weighted by Gasteiger charge is -2.24. The van der Waals surface area contributed by atoms with Crippen molar-refractivity contribution in [3.05, 3.63) is 221 Å². The molecule has 0 saturated carbocycles. The zero-order chi connectivity index (χ0) is 30.0. The Hall–Kier alpha value is -5.37. The van der Waals surface area contributed by atoms with Crippen molar-refractivity contribution in [2.24, 2.45) is 0 Å². The Morgan fingerprint density at radius 3 is 1.34 bits per heavy atom. The molecule has 212 valence electrons. The predicted molar refractivity (Wildman–Crippen MR) is 189 cm³/mol. The van der Waals surface area contributed by atoms with Gasteiger partial charge in [-0.3, -0.25) is 0 Å². The monoisotopic (exact) mass is 585 g/mol. The van der Waals surface area contributed by atoms with Crippen LogP contribution in [0.5, 0.6) is 0 Å². The van der Waals surface area contributed by atoms with E-state index in [1.54, 1.807) is 0 Å². The maximum absolute atomic E-state index is 6.96. The van der Waals surface area contributed by atoms with Gasteiger partial charge in [0.1, 0.15) is 0 Å². The maximum Gasteiger partial charge on any atom is 0.0499 e. The highest BCUT2D eigenvalue weighted by Crippen LogP contribution is 2.34. The predicted octanol–water partition coefficient (Wildman–Crippen LogP) is 11.7. The Balaban J connectivity index is 1.38. The minimum Gasteiger partial charge on any atom is -0.316 e. The molecule has 2 heteroatoms. The van der Waals surface area contributed by atoms with Crippen LogP contribution < -0.4 is 4.90 Å². The van der Waals surface area contributed by atoms with Crippen molar-refractivity contribution in [2.45, 2.75) is 0 Å². The lowest BCUT2D eigenvalue weighted by atomic mass is 9.97. The molecule has 44 heavy (non-hydrogen) atoms. The summed E-state index contributed by atoms with van der Waals surface area (Å²) in [5, 5.41) is 0.684. The van der Waals surface area contributed by atoms with E-state index in [-0.39, 0.29) is 0 Å². The van der Waals surface area contributed by atoms with Gasteiger partial charge in [0.05, 0.1) is 0 Å². The first-order valence-corrected chi connectivity index (χ1v) is 15.1.